The summed E-state index contributed by atoms with van der Waals surface area (Å²) in [5.74, 6) is -1.11. The smallest absolute Gasteiger partial charge is 0.326 e. The normalized spacial score (nSPS) is 11.7. The Morgan fingerprint density at radius 1 is 0.667 bits per heavy atom. The Morgan fingerprint density at radius 2 is 1.12 bits per heavy atom. The summed E-state index contributed by atoms with van der Waals surface area (Å²) in [7, 11) is 0. The van der Waals surface area contributed by atoms with Gasteiger partial charge in [0.05, 0.1) is 19.8 Å². The fourth-order valence-corrected chi connectivity index (χ4v) is 3.40. The lowest BCUT2D eigenvalue weighted by molar-refractivity contribution is -0.149. The summed E-state index contributed by atoms with van der Waals surface area (Å²) in [6.07, 6.45) is 11.5. The molecule has 198 valence electrons. The van der Waals surface area contributed by atoms with Gasteiger partial charge in [-0.15, -0.1) is 0 Å². The van der Waals surface area contributed by atoms with E-state index in [-0.39, 0.29) is 32.3 Å². The molecule has 0 aromatic heterocycles. The maximum absolute atomic E-state index is 12.2. The van der Waals surface area contributed by atoms with Crippen LogP contribution in [0.3, 0.4) is 0 Å². The zero-order chi connectivity index (χ0) is 25.3. The fraction of sp³-hybridized carbons (Fsp3) is 0.917. The Hall–Kier alpha value is -1.26. The summed E-state index contributed by atoms with van der Waals surface area (Å²) in [6, 6.07) is -0.826. The number of hydrogen-bond donors (Lipinski definition) is 5. The minimum absolute atomic E-state index is 0.0336. The van der Waals surface area contributed by atoms with Crippen molar-refractivity contribution in [2.45, 2.75) is 90.5 Å². The van der Waals surface area contributed by atoms with E-state index in [4.69, 9.17) is 25.5 Å². The Morgan fingerprint density at radius 3 is 1.52 bits per heavy atom. The van der Waals surface area contributed by atoms with Crippen molar-refractivity contribution >= 4 is 11.9 Å². The van der Waals surface area contributed by atoms with Gasteiger partial charge in [-0.2, -0.15) is 0 Å². The standard InChI is InChI=1S/C18H35NO4.C6H15NO3/c1-3-4-5-6-7-8-9-10-11-13-17(21)19(14-12-15-20)16(2)18(22)23;8-4-1-7(2-5-9)3-6-10/h16,20H,3-15H2,1-2H3,(H,22,23);8-10H,1-6H2/t16-;/m0./s1. The summed E-state index contributed by atoms with van der Waals surface area (Å²) in [5.41, 5.74) is 0. The van der Waals surface area contributed by atoms with Gasteiger partial charge in [0.25, 0.3) is 0 Å². The van der Waals surface area contributed by atoms with Gasteiger partial charge in [0.1, 0.15) is 6.04 Å². The summed E-state index contributed by atoms with van der Waals surface area (Å²) >= 11 is 0. The highest BCUT2D eigenvalue weighted by Gasteiger charge is 2.24. The van der Waals surface area contributed by atoms with Crippen molar-refractivity contribution in [3.8, 4) is 0 Å². The number of aliphatic hydroxyl groups is 4. The molecule has 9 heteroatoms. The second kappa shape index (κ2) is 25.4. The van der Waals surface area contributed by atoms with Gasteiger partial charge in [-0.3, -0.25) is 9.69 Å². The van der Waals surface area contributed by atoms with Crippen LogP contribution in [0.4, 0.5) is 0 Å². The quantitative estimate of drug-likeness (QED) is 0.157. The topological polar surface area (TPSA) is 142 Å². The van der Waals surface area contributed by atoms with Crippen molar-refractivity contribution in [1.29, 1.82) is 0 Å². The minimum Gasteiger partial charge on any atom is -0.480 e. The number of aliphatic carboxylic acids is 1. The van der Waals surface area contributed by atoms with Crippen LogP contribution in [0.5, 0.6) is 0 Å². The van der Waals surface area contributed by atoms with E-state index in [1.807, 2.05) is 0 Å². The number of amides is 1. The van der Waals surface area contributed by atoms with Gasteiger partial charge in [0, 0.05) is 39.2 Å². The molecule has 1 atom stereocenters. The van der Waals surface area contributed by atoms with Crippen LogP contribution >= 0.6 is 0 Å². The van der Waals surface area contributed by atoms with Gasteiger partial charge in [-0.1, -0.05) is 58.3 Å². The second-order valence-corrected chi connectivity index (χ2v) is 8.27. The number of carboxylic acid groups (broad SMARTS) is 1. The van der Waals surface area contributed by atoms with Crippen LogP contribution in [0, 0.1) is 0 Å². The number of carbonyl (C=O) groups excluding carboxylic acids is 1. The van der Waals surface area contributed by atoms with E-state index in [0.29, 0.717) is 39.0 Å². The predicted octanol–water partition coefficient (Wildman–Crippen LogP) is 1.86. The third-order valence-electron chi connectivity index (χ3n) is 5.45. The number of aliphatic hydroxyl groups excluding tert-OH is 4. The summed E-state index contributed by atoms with van der Waals surface area (Å²) in [4.78, 5) is 26.4. The monoisotopic (exact) mass is 478 g/mol. The number of carbonyl (C=O) groups is 2. The van der Waals surface area contributed by atoms with E-state index in [0.717, 1.165) is 19.3 Å². The van der Waals surface area contributed by atoms with Crippen LogP contribution in [0.25, 0.3) is 0 Å². The molecule has 0 radical (unpaired) electrons. The Labute approximate surface area is 200 Å². The van der Waals surface area contributed by atoms with Crippen LogP contribution in [0.2, 0.25) is 0 Å². The van der Waals surface area contributed by atoms with Crippen LogP contribution in [0.1, 0.15) is 84.5 Å². The highest BCUT2D eigenvalue weighted by Crippen LogP contribution is 2.12. The van der Waals surface area contributed by atoms with Gasteiger partial charge < -0.3 is 30.4 Å². The highest BCUT2D eigenvalue weighted by atomic mass is 16.4. The zero-order valence-electron chi connectivity index (χ0n) is 21.0. The zero-order valence-corrected chi connectivity index (χ0v) is 21.0. The number of nitrogens with zero attached hydrogens (tertiary/aromatic N) is 2. The van der Waals surface area contributed by atoms with Crippen molar-refractivity contribution < 1.29 is 35.1 Å². The molecule has 0 bridgehead atoms. The first-order valence-corrected chi connectivity index (χ1v) is 12.6. The van der Waals surface area contributed by atoms with Crippen molar-refractivity contribution in [1.82, 2.24) is 9.80 Å². The minimum atomic E-state index is -0.997. The van der Waals surface area contributed by atoms with E-state index in [1.165, 1.54) is 50.3 Å². The van der Waals surface area contributed by atoms with E-state index in [2.05, 4.69) is 6.92 Å². The molecule has 1 amide bonds. The first kappa shape index (κ1) is 33.9. The molecule has 0 heterocycles. The number of rotatable bonds is 21. The van der Waals surface area contributed by atoms with Crippen LogP contribution in [0.15, 0.2) is 0 Å². The molecule has 33 heavy (non-hydrogen) atoms. The fourth-order valence-electron chi connectivity index (χ4n) is 3.40. The number of hydrogen-bond acceptors (Lipinski definition) is 7. The molecule has 0 aliphatic rings. The maximum Gasteiger partial charge on any atom is 0.326 e. The molecule has 0 saturated carbocycles. The molecule has 0 aromatic rings. The molecule has 0 fully saturated rings. The van der Waals surface area contributed by atoms with Crippen LogP contribution in [-0.4, -0.2) is 106 Å². The van der Waals surface area contributed by atoms with Crippen molar-refractivity contribution in [3.63, 3.8) is 0 Å². The molecule has 0 unspecified atom stereocenters. The van der Waals surface area contributed by atoms with Gasteiger partial charge in [0.15, 0.2) is 0 Å². The average molecular weight is 479 g/mol. The maximum atomic E-state index is 12.2. The highest BCUT2D eigenvalue weighted by molar-refractivity contribution is 5.83. The lowest BCUT2D eigenvalue weighted by atomic mass is 10.1. The molecule has 0 aliphatic heterocycles. The lowest BCUT2D eigenvalue weighted by Gasteiger charge is -2.26. The van der Waals surface area contributed by atoms with Crippen molar-refractivity contribution in [2.75, 3.05) is 52.6 Å². The van der Waals surface area contributed by atoms with E-state index in [1.54, 1.807) is 4.90 Å². The molecule has 0 aromatic carbocycles. The molecule has 0 saturated heterocycles. The van der Waals surface area contributed by atoms with Crippen LogP contribution < -0.4 is 0 Å². The van der Waals surface area contributed by atoms with Gasteiger partial charge in [0.2, 0.25) is 5.91 Å². The van der Waals surface area contributed by atoms with Crippen molar-refractivity contribution in [2.24, 2.45) is 0 Å². The van der Waals surface area contributed by atoms with Gasteiger partial charge in [-0.25, -0.2) is 4.79 Å². The molecule has 0 spiro atoms. The molecule has 5 N–H and O–H groups in total. The third kappa shape index (κ3) is 21.0. The molecule has 0 rings (SSSR count). The number of carboxylic acids is 1. The molecule has 9 nitrogen and oxygen atoms in total. The lowest BCUT2D eigenvalue weighted by Crippen LogP contribution is -2.43. The van der Waals surface area contributed by atoms with Crippen LogP contribution in [-0.2, 0) is 9.59 Å². The Kier molecular flexibility index (Phi) is 26.1. The van der Waals surface area contributed by atoms with E-state index in [9.17, 15) is 9.59 Å². The first-order chi connectivity index (χ1) is 15.9. The van der Waals surface area contributed by atoms with E-state index >= 15 is 0 Å². The third-order valence-corrected chi connectivity index (χ3v) is 5.45. The molecular weight excluding hydrogens is 428 g/mol. The predicted molar refractivity (Wildman–Crippen MR) is 130 cm³/mol. The summed E-state index contributed by atoms with van der Waals surface area (Å²) in [6.45, 7) is 5.76. The Balaban J connectivity index is 0. The van der Waals surface area contributed by atoms with E-state index < -0.39 is 12.0 Å². The summed E-state index contributed by atoms with van der Waals surface area (Å²) in [5, 5.41) is 43.4. The molecular formula is C24H50N2O7. The van der Waals surface area contributed by atoms with Crippen molar-refractivity contribution in [3.05, 3.63) is 0 Å². The van der Waals surface area contributed by atoms with Gasteiger partial charge in [-0.05, 0) is 19.8 Å². The largest absolute Gasteiger partial charge is 0.480 e. The SMILES string of the molecule is CCCCCCCCCCCC(=O)N(CCCO)[C@@H](C)C(=O)O.OCCN(CCO)CCO. The Bertz CT molecular complexity index is 438. The first-order valence-electron chi connectivity index (χ1n) is 12.6. The average Bonchev–Trinajstić information content (AvgIpc) is 2.79. The molecule has 0 aliphatic carbocycles. The number of unbranched alkanes of at least 4 members (excludes halogenated alkanes) is 8. The van der Waals surface area contributed by atoms with Gasteiger partial charge >= 0.3 is 5.97 Å². The second-order valence-electron chi connectivity index (χ2n) is 8.27. The summed E-state index contributed by atoms with van der Waals surface area (Å²) < 4.78 is 0.